The summed E-state index contributed by atoms with van der Waals surface area (Å²) >= 11 is 13.1. The molecule has 0 unspecified atom stereocenters. The van der Waals surface area contributed by atoms with Crippen molar-refractivity contribution in [3.63, 3.8) is 0 Å². The summed E-state index contributed by atoms with van der Waals surface area (Å²) in [6, 6.07) is 14.1. The first-order valence-electron chi connectivity index (χ1n) is 6.77. The van der Waals surface area contributed by atoms with Crippen LogP contribution in [0.5, 0.6) is 5.75 Å². The summed E-state index contributed by atoms with van der Waals surface area (Å²) in [5.74, 6) is 0.104. The maximum Gasteiger partial charge on any atom is 0.317 e. The number of benzene rings is 2. The van der Waals surface area contributed by atoms with Crippen LogP contribution < -0.4 is 4.74 Å². The van der Waals surface area contributed by atoms with E-state index in [1.54, 1.807) is 24.3 Å². The summed E-state index contributed by atoms with van der Waals surface area (Å²) in [5, 5.41) is 3.97. The number of rotatable bonds is 4. The van der Waals surface area contributed by atoms with Crippen molar-refractivity contribution in [2.24, 2.45) is 0 Å². The van der Waals surface area contributed by atoms with Gasteiger partial charge in [-0.15, -0.1) is 11.3 Å². The van der Waals surface area contributed by atoms with Crippen molar-refractivity contribution in [3.8, 4) is 16.3 Å². The van der Waals surface area contributed by atoms with Gasteiger partial charge in [0.1, 0.15) is 10.8 Å². The van der Waals surface area contributed by atoms with Crippen LogP contribution in [0.2, 0.25) is 10.0 Å². The Labute approximate surface area is 147 Å². The smallest absolute Gasteiger partial charge is 0.317 e. The van der Waals surface area contributed by atoms with Gasteiger partial charge in [0.25, 0.3) is 0 Å². The van der Waals surface area contributed by atoms with E-state index in [9.17, 15) is 4.79 Å². The maximum atomic E-state index is 11.9. The van der Waals surface area contributed by atoms with E-state index < -0.39 is 0 Å². The second-order valence-electron chi connectivity index (χ2n) is 4.76. The Kier molecular flexibility index (Phi) is 4.96. The highest BCUT2D eigenvalue weighted by Crippen LogP contribution is 2.25. The zero-order valence-electron chi connectivity index (χ0n) is 11.8. The highest BCUT2D eigenvalue weighted by atomic mass is 35.5. The van der Waals surface area contributed by atoms with Gasteiger partial charge in [-0.2, -0.15) is 0 Å². The standard InChI is InChI=1S/C17H11Cl2NO2S/c18-12-3-1-11(2-4-12)17-20-14(10-23-17)9-16(21)22-15-7-5-13(19)6-8-15/h1-8,10H,9H2. The maximum absolute atomic E-state index is 11.9. The van der Waals surface area contributed by atoms with Crippen LogP contribution in [0.3, 0.4) is 0 Å². The number of halogens is 2. The van der Waals surface area contributed by atoms with E-state index >= 15 is 0 Å². The van der Waals surface area contributed by atoms with Gasteiger partial charge >= 0.3 is 5.97 Å². The summed E-state index contributed by atoms with van der Waals surface area (Å²) in [7, 11) is 0. The first-order valence-corrected chi connectivity index (χ1v) is 8.40. The highest BCUT2D eigenvalue weighted by molar-refractivity contribution is 7.13. The van der Waals surface area contributed by atoms with Gasteiger partial charge in [0.05, 0.1) is 12.1 Å². The first kappa shape index (κ1) is 16.0. The molecule has 1 heterocycles. The first-order chi connectivity index (χ1) is 11.1. The predicted octanol–water partition coefficient (Wildman–Crippen LogP) is 5.27. The molecule has 0 radical (unpaired) electrons. The van der Waals surface area contributed by atoms with E-state index in [1.807, 2.05) is 29.6 Å². The molecule has 0 aliphatic heterocycles. The number of thiazole rings is 1. The van der Waals surface area contributed by atoms with Crippen molar-refractivity contribution < 1.29 is 9.53 Å². The molecule has 0 aliphatic rings. The molecule has 1 aromatic heterocycles. The molecule has 0 spiro atoms. The average Bonchev–Trinajstić information content (AvgIpc) is 2.98. The number of hydrogen-bond acceptors (Lipinski definition) is 4. The van der Waals surface area contributed by atoms with Crippen molar-refractivity contribution in [2.45, 2.75) is 6.42 Å². The molecule has 23 heavy (non-hydrogen) atoms. The van der Waals surface area contributed by atoms with Crippen LogP contribution in [0, 0.1) is 0 Å². The van der Waals surface area contributed by atoms with Gasteiger partial charge in [-0.05, 0) is 36.4 Å². The molecule has 2 aromatic carbocycles. The summed E-state index contributed by atoms with van der Waals surface area (Å²) < 4.78 is 5.25. The third-order valence-electron chi connectivity index (χ3n) is 3.01. The Morgan fingerprint density at radius 1 is 1.00 bits per heavy atom. The lowest BCUT2D eigenvalue weighted by molar-refractivity contribution is -0.133. The number of esters is 1. The van der Waals surface area contributed by atoms with Crippen molar-refractivity contribution >= 4 is 40.5 Å². The molecule has 0 saturated heterocycles. The monoisotopic (exact) mass is 363 g/mol. The van der Waals surface area contributed by atoms with Crippen molar-refractivity contribution in [1.29, 1.82) is 0 Å². The van der Waals surface area contributed by atoms with Crippen LogP contribution in [-0.4, -0.2) is 11.0 Å². The zero-order valence-corrected chi connectivity index (χ0v) is 14.2. The van der Waals surface area contributed by atoms with E-state index in [0.717, 1.165) is 10.6 Å². The molecule has 3 nitrogen and oxygen atoms in total. The van der Waals surface area contributed by atoms with Gasteiger partial charge in [-0.3, -0.25) is 4.79 Å². The topological polar surface area (TPSA) is 39.2 Å². The summed E-state index contributed by atoms with van der Waals surface area (Å²) in [4.78, 5) is 16.4. The lowest BCUT2D eigenvalue weighted by Crippen LogP contribution is -2.11. The largest absolute Gasteiger partial charge is 0.426 e. The fraction of sp³-hybridized carbons (Fsp3) is 0.0588. The number of nitrogens with zero attached hydrogens (tertiary/aromatic N) is 1. The second kappa shape index (κ2) is 7.13. The van der Waals surface area contributed by atoms with E-state index in [0.29, 0.717) is 21.5 Å². The molecule has 0 aliphatic carbocycles. The zero-order chi connectivity index (χ0) is 16.2. The van der Waals surface area contributed by atoms with Gasteiger partial charge in [-0.25, -0.2) is 4.98 Å². The van der Waals surface area contributed by atoms with Gasteiger partial charge in [0, 0.05) is 21.0 Å². The molecular formula is C17H11Cl2NO2S. The molecule has 3 aromatic rings. The van der Waals surface area contributed by atoms with E-state index in [-0.39, 0.29) is 12.4 Å². The molecule has 0 atom stereocenters. The number of hydrogen-bond donors (Lipinski definition) is 0. The molecule has 116 valence electrons. The fourth-order valence-corrected chi connectivity index (χ4v) is 3.01. The van der Waals surface area contributed by atoms with Crippen LogP contribution >= 0.6 is 34.5 Å². The van der Waals surface area contributed by atoms with Crippen LogP contribution in [-0.2, 0) is 11.2 Å². The molecule has 0 saturated carbocycles. The molecule has 0 amide bonds. The van der Waals surface area contributed by atoms with Crippen LogP contribution in [0.25, 0.3) is 10.6 Å². The number of carbonyl (C=O) groups excluding carboxylic acids is 1. The van der Waals surface area contributed by atoms with Crippen LogP contribution in [0.4, 0.5) is 0 Å². The minimum absolute atomic E-state index is 0.118. The van der Waals surface area contributed by atoms with Crippen molar-refractivity contribution in [1.82, 2.24) is 4.98 Å². The average molecular weight is 364 g/mol. The van der Waals surface area contributed by atoms with E-state index in [4.69, 9.17) is 27.9 Å². The Morgan fingerprint density at radius 2 is 1.61 bits per heavy atom. The number of aromatic nitrogens is 1. The van der Waals surface area contributed by atoms with Gasteiger partial charge < -0.3 is 4.74 Å². The highest BCUT2D eigenvalue weighted by Gasteiger charge is 2.11. The van der Waals surface area contributed by atoms with Crippen molar-refractivity contribution in [3.05, 3.63) is 69.7 Å². The minimum Gasteiger partial charge on any atom is -0.426 e. The summed E-state index contributed by atoms with van der Waals surface area (Å²) in [6.45, 7) is 0. The molecule has 6 heteroatoms. The lowest BCUT2D eigenvalue weighted by Gasteiger charge is -2.02. The third kappa shape index (κ3) is 4.32. The Bertz CT molecular complexity index is 813. The van der Waals surface area contributed by atoms with Gasteiger partial charge in [-0.1, -0.05) is 35.3 Å². The normalized spacial score (nSPS) is 10.5. The molecule has 0 fully saturated rings. The third-order valence-corrected chi connectivity index (χ3v) is 4.46. The van der Waals surface area contributed by atoms with E-state index in [1.165, 1.54) is 11.3 Å². The van der Waals surface area contributed by atoms with Crippen LogP contribution in [0.15, 0.2) is 53.9 Å². The number of carbonyl (C=O) groups is 1. The Balaban J connectivity index is 1.65. The summed E-state index contributed by atoms with van der Waals surface area (Å²) in [6.07, 6.45) is 0.118. The Morgan fingerprint density at radius 3 is 2.26 bits per heavy atom. The fourth-order valence-electron chi connectivity index (χ4n) is 1.93. The molecule has 0 bridgehead atoms. The quantitative estimate of drug-likeness (QED) is 0.468. The molecular weight excluding hydrogens is 353 g/mol. The number of ether oxygens (including phenoxy) is 1. The summed E-state index contributed by atoms with van der Waals surface area (Å²) in [5.41, 5.74) is 1.65. The van der Waals surface area contributed by atoms with Gasteiger partial charge in [0.15, 0.2) is 0 Å². The van der Waals surface area contributed by atoms with Gasteiger partial charge in [0.2, 0.25) is 0 Å². The SMILES string of the molecule is O=C(Cc1csc(-c2ccc(Cl)cc2)n1)Oc1ccc(Cl)cc1. The van der Waals surface area contributed by atoms with Crippen molar-refractivity contribution in [2.75, 3.05) is 0 Å². The predicted molar refractivity (Wildman–Crippen MR) is 93.4 cm³/mol. The lowest BCUT2D eigenvalue weighted by atomic mass is 10.2. The van der Waals surface area contributed by atoms with Crippen LogP contribution in [0.1, 0.15) is 5.69 Å². The minimum atomic E-state index is -0.361. The molecule has 3 rings (SSSR count). The second-order valence-corrected chi connectivity index (χ2v) is 6.49. The Hall–Kier alpha value is -1.88. The molecule has 0 N–H and O–H groups in total. The van der Waals surface area contributed by atoms with E-state index in [2.05, 4.69) is 4.98 Å².